The van der Waals surface area contributed by atoms with E-state index in [1.165, 1.54) is 12.1 Å². The van der Waals surface area contributed by atoms with Crippen LogP contribution in [-0.4, -0.2) is 10.1 Å². The molecule has 1 aromatic carbocycles. The molecule has 2 rings (SSSR count). The van der Waals surface area contributed by atoms with Crippen LogP contribution in [0.5, 0.6) is 0 Å². The SMILES string of the molecule is CCC(O)(Cc1ccc(Br)cc1Cl)c1ccc(F)cn1. The summed E-state index contributed by atoms with van der Waals surface area (Å²) in [7, 11) is 0. The Hall–Kier alpha value is -0.970. The summed E-state index contributed by atoms with van der Waals surface area (Å²) in [5, 5.41) is 11.4. The fourth-order valence-corrected chi connectivity index (χ4v) is 2.77. The topological polar surface area (TPSA) is 33.1 Å². The Bertz CT molecular complexity index is 605. The van der Waals surface area contributed by atoms with E-state index in [0.29, 0.717) is 23.6 Å². The summed E-state index contributed by atoms with van der Waals surface area (Å²) < 4.78 is 13.8. The van der Waals surface area contributed by atoms with Gasteiger partial charge < -0.3 is 5.11 Å². The van der Waals surface area contributed by atoms with Gasteiger partial charge in [-0.2, -0.15) is 0 Å². The van der Waals surface area contributed by atoms with E-state index in [-0.39, 0.29) is 0 Å². The predicted molar refractivity (Wildman–Crippen MR) is 81.2 cm³/mol. The Morgan fingerprint density at radius 3 is 2.65 bits per heavy atom. The van der Waals surface area contributed by atoms with Gasteiger partial charge in [-0.05, 0) is 36.2 Å². The molecule has 0 bridgehead atoms. The molecule has 106 valence electrons. The van der Waals surface area contributed by atoms with Gasteiger partial charge in [0.25, 0.3) is 0 Å². The Morgan fingerprint density at radius 2 is 2.10 bits per heavy atom. The summed E-state index contributed by atoms with van der Waals surface area (Å²) in [6, 6.07) is 8.31. The summed E-state index contributed by atoms with van der Waals surface area (Å²) >= 11 is 9.53. The van der Waals surface area contributed by atoms with E-state index in [1.807, 2.05) is 19.1 Å². The quantitative estimate of drug-likeness (QED) is 0.874. The third kappa shape index (κ3) is 3.37. The maximum absolute atomic E-state index is 12.9. The molecule has 0 aliphatic heterocycles. The summed E-state index contributed by atoms with van der Waals surface area (Å²) in [6.07, 6.45) is 1.89. The van der Waals surface area contributed by atoms with Crippen molar-refractivity contribution in [1.82, 2.24) is 4.98 Å². The van der Waals surface area contributed by atoms with Crippen LogP contribution in [0.1, 0.15) is 24.6 Å². The van der Waals surface area contributed by atoms with Crippen LogP contribution in [0.4, 0.5) is 4.39 Å². The van der Waals surface area contributed by atoms with Crippen molar-refractivity contribution in [3.8, 4) is 0 Å². The van der Waals surface area contributed by atoms with Crippen LogP contribution in [0.3, 0.4) is 0 Å². The molecule has 0 aliphatic carbocycles. The second-order valence-corrected chi connectivity index (χ2v) is 5.98. The first-order valence-electron chi connectivity index (χ1n) is 6.23. The molecule has 1 unspecified atom stereocenters. The second-order valence-electron chi connectivity index (χ2n) is 4.66. The molecule has 0 radical (unpaired) electrons. The minimum Gasteiger partial charge on any atom is -0.383 e. The minimum absolute atomic E-state index is 0.328. The Kier molecular flexibility index (Phi) is 4.78. The van der Waals surface area contributed by atoms with Gasteiger partial charge >= 0.3 is 0 Å². The van der Waals surface area contributed by atoms with E-state index in [0.717, 1.165) is 16.2 Å². The molecule has 0 saturated carbocycles. The van der Waals surface area contributed by atoms with Crippen molar-refractivity contribution < 1.29 is 9.50 Å². The number of aliphatic hydroxyl groups is 1. The van der Waals surface area contributed by atoms with Gasteiger partial charge in [-0.25, -0.2) is 4.39 Å². The zero-order chi connectivity index (χ0) is 14.8. The molecule has 0 fully saturated rings. The van der Waals surface area contributed by atoms with Crippen LogP contribution >= 0.6 is 27.5 Å². The maximum Gasteiger partial charge on any atom is 0.141 e. The van der Waals surface area contributed by atoms with Crippen LogP contribution in [-0.2, 0) is 12.0 Å². The fourth-order valence-electron chi connectivity index (χ4n) is 2.03. The lowest BCUT2D eigenvalue weighted by molar-refractivity contribution is 0.0282. The van der Waals surface area contributed by atoms with Gasteiger partial charge in [-0.3, -0.25) is 4.98 Å². The van der Waals surface area contributed by atoms with Crippen molar-refractivity contribution in [2.45, 2.75) is 25.4 Å². The first-order valence-corrected chi connectivity index (χ1v) is 7.40. The van der Waals surface area contributed by atoms with Crippen molar-refractivity contribution in [2.24, 2.45) is 0 Å². The first-order chi connectivity index (χ1) is 9.44. The fraction of sp³-hybridized carbons (Fsp3) is 0.267. The van der Waals surface area contributed by atoms with Crippen molar-refractivity contribution >= 4 is 27.5 Å². The molecule has 2 aromatic rings. The molecule has 1 aromatic heterocycles. The van der Waals surface area contributed by atoms with E-state index in [9.17, 15) is 9.50 Å². The number of benzene rings is 1. The van der Waals surface area contributed by atoms with Crippen LogP contribution in [0, 0.1) is 5.82 Å². The van der Waals surface area contributed by atoms with Crippen molar-refractivity contribution in [1.29, 1.82) is 0 Å². The normalized spacial score (nSPS) is 14.1. The van der Waals surface area contributed by atoms with Crippen LogP contribution in [0.15, 0.2) is 41.0 Å². The number of rotatable bonds is 4. The number of pyridine rings is 1. The van der Waals surface area contributed by atoms with Crippen molar-refractivity contribution in [2.75, 3.05) is 0 Å². The maximum atomic E-state index is 12.9. The number of hydrogen-bond donors (Lipinski definition) is 1. The van der Waals surface area contributed by atoms with Gasteiger partial charge in [0.05, 0.1) is 11.9 Å². The largest absolute Gasteiger partial charge is 0.383 e. The number of aromatic nitrogens is 1. The molecule has 0 saturated heterocycles. The lowest BCUT2D eigenvalue weighted by Gasteiger charge is -2.26. The van der Waals surface area contributed by atoms with Crippen molar-refractivity contribution in [3.63, 3.8) is 0 Å². The molecule has 1 heterocycles. The molecular formula is C15H14BrClFNO. The molecule has 0 amide bonds. The highest BCUT2D eigenvalue weighted by atomic mass is 79.9. The Labute approximate surface area is 130 Å². The van der Waals surface area contributed by atoms with Gasteiger partial charge in [0, 0.05) is 15.9 Å². The Morgan fingerprint density at radius 1 is 1.35 bits per heavy atom. The lowest BCUT2D eigenvalue weighted by Crippen LogP contribution is -2.29. The lowest BCUT2D eigenvalue weighted by atomic mass is 9.88. The van der Waals surface area contributed by atoms with Crippen LogP contribution in [0.2, 0.25) is 5.02 Å². The molecule has 1 N–H and O–H groups in total. The van der Waals surface area contributed by atoms with Crippen LogP contribution < -0.4 is 0 Å². The van der Waals surface area contributed by atoms with Gasteiger partial charge in [0.15, 0.2) is 0 Å². The average molecular weight is 359 g/mol. The van der Waals surface area contributed by atoms with Crippen LogP contribution in [0.25, 0.3) is 0 Å². The van der Waals surface area contributed by atoms with E-state index < -0.39 is 11.4 Å². The average Bonchev–Trinajstić information content (AvgIpc) is 2.42. The zero-order valence-electron chi connectivity index (χ0n) is 10.9. The highest BCUT2D eigenvalue weighted by Crippen LogP contribution is 2.31. The third-order valence-electron chi connectivity index (χ3n) is 3.29. The smallest absolute Gasteiger partial charge is 0.141 e. The standard InChI is InChI=1S/C15H14BrClFNO/c1-2-15(20,14-6-5-12(18)9-19-14)8-10-3-4-11(16)7-13(10)17/h3-7,9,20H,2,8H2,1H3. The minimum atomic E-state index is -1.16. The molecule has 2 nitrogen and oxygen atoms in total. The highest BCUT2D eigenvalue weighted by molar-refractivity contribution is 9.10. The summed E-state index contributed by atoms with van der Waals surface area (Å²) in [4.78, 5) is 3.99. The third-order valence-corrected chi connectivity index (χ3v) is 4.13. The highest BCUT2D eigenvalue weighted by Gasteiger charge is 2.30. The van der Waals surface area contributed by atoms with Crippen molar-refractivity contribution in [3.05, 3.63) is 63.1 Å². The summed E-state index contributed by atoms with van der Waals surface area (Å²) in [5.74, 6) is -0.422. The number of hydrogen-bond acceptors (Lipinski definition) is 2. The van der Waals surface area contributed by atoms with E-state index >= 15 is 0 Å². The van der Waals surface area contributed by atoms with E-state index in [2.05, 4.69) is 20.9 Å². The second kappa shape index (κ2) is 6.20. The van der Waals surface area contributed by atoms with Gasteiger partial charge in [0.1, 0.15) is 11.4 Å². The van der Waals surface area contributed by atoms with Gasteiger partial charge in [-0.1, -0.05) is 40.5 Å². The zero-order valence-corrected chi connectivity index (χ0v) is 13.2. The molecule has 20 heavy (non-hydrogen) atoms. The molecule has 5 heteroatoms. The van der Waals surface area contributed by atoms with E-state index in [1.54, 1.807) is 6.07 Å². The molecule has 0 aliphatic rings. The number of nitrogens with zero attached hydrogens (tertiary/aromatic N) is 1. The molecular weight excluding hydrogens is 345 g/mol. The summed E-state index contributed by atoms with van der Waals surface area (Å²) in [6.45, 7) is 1.86. The monoisotopic (exact) mass is 357 g/mol. The van der Waals surface area contributed by atoms with Gasteiger partial charge in [0.2, 0.25) is 0 Å². The van der Waals surface area contributed by atoms with E-state index in [4.69, 9.17) is 11.6 Å². The molecule has 0 spiro atoms. The Balaban J connectivity index is 2.33. The van der Waals surface area contributed by atoms with Gasteiger partial charge in [-0.15, -0.1) is 0 Å². The molecule has 1 atom stereocenters. The number of halogens is 3. The first kappa shape index (κ1) is 15.4. The summed E-state index contributed by atoms with van der Waals surface area (Å²) in [5.41, 5.74) is 0.108. The predicted octanol–water partition coefficient (Wildman–Crippen LogP) is 4.48.